The number of hydrogen-bond donors (Lipinski definition) is 1. The van der Waals surface area contributed by atoms with Gasteiger partial charge in [0, 0.05) is 23.8 Å². The van der Waals surface area contributed by atoms with Gasteiger partial charge in [0.05, 0.1) is 16.7 Å². The molecule has 0 aromatic heterocycles. The van der Waals surface area contributed by atoms with Crippen LogP contribution in [0.3, 0.4) is 0 Å². The fourth-order valence-corrected chi connectivity index (χ4v) is 13.1. The Morgan fingerprint density at radius 2 is 1.25 bits per heavy atom. The molecule has 1 heterocycles. The first-order chi connectivity index (χ1) is 39.6. The maximum atomic E-state index is 14.9. The molecule has 1 fully saturated rings. The van der Waals surface area contributed by atoms with E-state index in [-0.39, 0.29) is 54.1 Å². The van der Waals surface area contributed by atoms with Gasteiger partial charge in [-0.2, -0.15) is 0 Å². The van der Waals surface area contributed by atoms with Gasteiger partial charge in [0.25, 0.3) is 0 Å². The van der Waals surface area contributed by atoms with E-state index in [4.69, 9.17) is 58.5 Å². The fraction of sp³-hybridized carbons (Fsp3) is 0.418. The Bertz CT molecular complexity index is 2880. The van der Waals surface area contributed by atoms with Crippen LogP contribution in [0.15, 0.2) is 164 Å². The van der Waals surface area contributed by atoms with Gasteiger partial charge in [-0.15, -0.1) is 11.8 Å². The number of halogens is 3. The average Bonchev–Trinajstić information content (AvgIpc) is 4.29. The molecular weight excluding hydrogens is 1130 g/mol. The number of benzene rings is 5. The predicted octanol–water partition coefficient (Wildman–Crippen LogP) is 15.2. The quantitative estimate of drug-likeness (QED) is 0.0149. The molecule has 1 N–H and O–H groups in total. The zero-order chi connectivity index (χ0) is 59.9. The summed E-state index contributed by atoms with van der Waals surface area (Å²) in [6.45, 7) is 17.1. The van der Waals surface area contributed by atoms with E-state index in [2.05, 4.69) is 93.3 Å². The zero-order valence-electron chi connectivity index (χ0n) is 48.4. The van der Waals surface area contributed by atoms with E-state index in [1.807, 2.05) is 92.7 Å². The standard InChI is InChI=1S/C67H77Cl3N2O10S/c1-9-36-78-61(74)45(3)39-51(42-83-67(48-24-13-10-14-25-48,49-26-15-11-16-27-49)50-28-17-12-18-29-50)71-60(73)47(5)59(82-64(77)80-43-66(68,69)70)38-44(2)37-58(46(4)40-65(6,7)8)81-62(75)57-34-23-35-72(57)63(76)79-41-56-54-32-21-19-30-52(54)53-31-20-22-33-55(53)56/h9-22,24-33,39,44,46-47,51,56-59H,1,23,34-38,40-43H2,2-8H3,(H,71,73)/b45-39+/t44-,46+,47+,51+,57+,58+,59+/m1/s1. The van der Waals surface area contributed by atoms with Crippen LogP contribution >= 0.6 is 46.6 Å². The van der Waals surface area contributed by atoms with Gasteiger partial charge in [-0.05, 0) is 95.2 Å². The van der Waals surface area contributed by atoms with Gasteiger partial charge in [-0.25, -0.2) is 19.2 Å². The molecular formula is C67H77Cl3N2O10S. The Kier molecular flexibility index (Phi) is 22.9. The molecule has 1 aliphatic heterocycles. The third-order valence-electron chi connectivity index (χ3n) is 15.2. The Morgan fingerprint density at radius 3 is 1.78 bits per heavy atom. The SMILES string of the molecule is C=CCOC(=O)/C(C)=C/[C@@H](CSC(c1ccccc1)(c1ccccc1)c1ccccc1)NC(=O)[C@@H](C)[C@H](C[C@H](C)C[C@H](OC(=O)[C@@H]1CCCN1C(=O)OCC1c2ccccc2-c2ccccc21)[C@@H](C)CC(C)(C)C)OC(=O)OCC(Cl)(Cl)Cl. The number of fused-ring (bicyclic) bond motifs is 3. The van der Waals surface area contributed by atoms with Crippen molar-refractivity contribution in [1.29, 1.82) is 0 Å². The van der Waals surface area contributed by atoms with Crippen LogP contribution < -0.4 is 5.32 Å². The molecule has 83 heavy (non-hydrogen) atoms. The number of likely N-dealkylation sites (tertiary alicyclic amines) is 1. The first-order valence-electron chi connectivity index (χ1n) is 28.4. The van der Waals surface area contributed by atoms with Crippen LogP contribution in [-0.2, 0) is 42.8 Å². The monoisotopic (exact) mass is 1210 g/mol. The van der Waals surface area contributed by atoms with Crippen LogP contribution in [0.25, 0.3) is 11.1 Å². The van der Waals surface area contributed by atoms with E-state index in [0.29, 0.717) is 32.2 Å². The topological polar surface area (TPSA) is 147 Å². The number of carbonyl (C=O) groups is 5. The number of amides is 2. The lowest BCUT2D eigenvalue weighted by molar-refractivity contribution is -0.158. The molecule has 1 aliphatic carbocycles. The molecule has 442 valence electrons. The first kappa shape index (κ1) is 64.3. The number of nitrogens with one attached hydrogen (secondary N) is 1. The lowest BCUT2D eigenvalue weighted by atomic mass is 9.80. The van der Waals surface area contributed by atoms with Crippen molar-refractivity contribution in [1.82, 2.24) is 10.2 Å². The number of ether oxygens (including phenoxy) is 5. The third kappa shape index (κ3) is 17.4. The number of rotatable bonds is 25. The van der Waals surface area contributed by atoms with Crippen LogP contribution in [0.4, 0.5) is 9.59 Å². The van der Waals surface area contributed by atoms with Gasteiger partial charge < -0.3 is 29.0 Å². The smallest absolute Gasteiger partial charge is 0.461 e. The highest BCUT2D eigenvalue weighted by atomic mass is 35.6. The molecule has 2 aliphatic rings. The summed E-state index contributed by atoms with van der Waals surface area (Å²) in [5.74, 6) is -3.00. The van der Waals surface area contributed by atoms with E-state index < -0.39 is 75.5 Å². The summed E-state index contributed by atoms with van der Waals surface area (Å²) >= 11 is 19.5. The van der Waals surface area contributed by atoms with E-state index in [1.54, 1.807) is 31.7 Å². The number of carbonyl (C=O) groups excluding carboxylic acids is 5. The highest BCUT2D eigenvalue weighted by Gasteiger charge is 2.42. The van der Waals surface area contributed by atoms with Crippen molar-refractivity contribution >= 4 is 76.7 Å². The van der Waals surface area contributed by atoms with Gasteiger partial charge >= 0.3 is 24.2 Å². The van der Waals surface area contributed by atoms with Crippen molar-refractivity contribution in [3.05, 3.63) is 192 Å². The molecule has 5 aromatic rings. The summed E-state index contributed by atoms with van der Waals surface area (Å²) < 4.78 is 26.5. The number of esters is 2. The second-order valence-corrected chi connectivity index (χ2v) is 26.7. The van der Waals surface area contributed by atoms with Gasteiger partial charge in [-0.1, -0.05) is 235 Å². The Morgan fingerprint density at radius 1 is 0.723 bits per heavy atom. The Hall–Kier alpha value is -6.25. The summed E-state index contributed by atoms with van der Waals surface area (Å²) in [4.78, 5) is 71.7. The van der Waals surface area contributed by atoms with Crippen molar-refractivity contribution < 1.29 is 47.7 Å². The number of nitrogens with zero attached hydrogens (tertiary/aromatic N) is 1. The highest BCUT2D eigenvalue weighted by molar-refractivity contribution is 8.00. The maximum Gasteiger partial charge on any atom is 0.508 e. The second-order valence-electron chi connectivity index (χ2n) is 23.0. The minimum Gasteiger partial charge on any atom is -0.461 e. The molecule has 2 amide bonds. The van der Waals surface area contributed by atoms with Crippen LogP contribution in [0.1, 0.15) is 114 Å². The van der Waals surface area contributed by atoms with Crippen LogP contribution in [0.5, 0.6) is 0 Å². The fourth-order valence-electron chi connectivity index (χ4n) is 11.4. The highest BCUT2D eigenvalue weighted by Crippen LogP contribution is 2.49. The minimum atomic E-state index is -1.94. The van der Waals surface area contributed by atoms with Crippen LogP contribution in [-0.4, -0.2) is 95.2 Å². The molecule has 0 saturated carbocycles. The zero-order valence-corrected chi connectivity index (χ0v) is 51.5. The third-order valence-corrected chi connectivity index (χ3v) is 17.2. The van der Waals surface area contributed by atoms with Crippen molar-refractivity contribution in [3.63, 3.8) is 0 Å². The van der Waals surface area contributed by atoms with Crippen LogP contribution in [0, 0.1) is 23.2 Å². The largest absolute Gasteiger partial charge is 0.508 e. The van der Waals surface area contributed by atoms with Crippen molar-refractivity contribution in [2.24, 2.45) is 23.2 Å². The molecule has 7 rings (SSSR count). The second kappa shape index (κ2) is 29.5. The lowest BCUT2D eigenvalue weighted by Gasteiger charge is -2.36. The molecule has 16 heteroatoms. The molecule has 0 unspecified atom stereocenters. The van der Waals surface area contributed by atoms with E-state index >= 15 is 0 Å². The summed E-state index contributed by atoms with van der Waals surface area (Å²) in [7, 11) is 0. The van der Waals surface area contributed by atoms with Gasteiger partial charge in [-0.3, -0.25) is 9.69 Å². The summed E-state index contributed by atoms with van der Waals surface area (Å²) in [5, 5.41) is 3.19. The van der Waals surface area contributed by atoms with E-state index in [9.17, 15) is 24.0 Å². The van der Waals surface area contributed by atoms with Crippen molar-refractivity contribution in [3.8, 4) is 11.1 Å². The number of hydrogen-bond acceptors (Lipinski definition) is 11. The molecule has 0 spiro atoms. The van der Waals surface area contributed by atoms with Gasteiger partial charge in [0.1, 0.15) is 38.1 Å². The maximum absolute atomic E-state index is 14.9. The average molecular weight is 1210 g/mol. The minimum absolute atomic E-state index is 0.00705. The van der Waals surface area contributed by atoms with Crippen LogP contribution in [0.2, 0.25) is 0 Å². The van der Waals surface area contributed by atoms with Gasteiger partial charge in [0.2, 0.25) is 9.70 Å². The molecule has 0 radical (unpaired) electrons. The Labute approximate surface area is 508 Å². The van der Waals surface area contributed by atoms with Gasteiger partial charge in [0.15, 0.2) is 0 Å². The van der Waals surface area contributed by atoms with Crippen molar-refractivity contribution in [2.45, 2.75) is 119 Å². The summed E-state index contributed by atoms with van der Waals surface area (Å²) in [6, 6.07) is 44.9. The Balaban J connectivity index is 1.12. The number of alkyl halides is 3. The van der Waals surface area contributed by atoms with E-state index in [1.165, 1.54) is 11.0 Å². The summed E-state index contributed by atoms with van der Waals surface area (Å²) in [5.41, 5.74) is 7.51. The lowest BCUT2D eigenvalue weighted by Crippen LogP contribution is -2.45. The first-order valence-corrected chi connectivity index (χ1v) is 30.5. The predicted molar refractivity (Wildman–Crippen MR) is 330 cm³/mol. The normalized spacial score (nSPS) is 16.7. The van der Waals surface area contributed by atoms with Crippen molar-refractivity contribution in [2.75, 3.05) is 32.1 Å². The molecule has 0 bridgehead atoms. The summed E-state index contributed by atoms with van der Waals surface area (Å²) in [6.07, 6.45) is 1.79. The van der Waals surface area contributed by atoms with E-state index in [0.717, 1.165) is 38.9 Å². The molecule has 7 atom stereocenters. The molecule has 1 saturated heterocycles. The number of thioether (sulfide) groups is 1. The molecule has 12 nitrogen and oxygen atoms in total. The molecule has 5 aromatic carbocycles.